The van der Waals surface area contributed by atoms with Crippen molar-refractivity contribution in [2.24, 2.45) is 0 Å². The van der Waals surface area contributed by atoms with E-state index in [-0.39, 0.29) is 84.4 Å². The maximum absolute atomic E-state index is 8.58. The van der Waals surface area contributed by atoms with Crippen LogP contribution in [0.2, 0.25) is 0 Å². The fraction of sp³-hybridized carbons (Fsp3) is 0. The molecule has 0 spiro atoms. The Morgan fingerprint density at radius 3 is 0.875 bits per heavy atom. The summed E-state index contributed by atoms with van der Waals surface area (Å²) in [5, 5.41) is 0. The zero-order valence-corrected chi connectivity index (χ0v) is 10.5. The fourth-order valence-electron chi connectivity index (χ4n) is 0. The molecule has 0 amide bonds. The van der Waals surface area contributed by atoms with Crippen molar-refractivity contribution in [3.63, 3.8) is 0 Å². The van der Waals surface area contributed by atoms with E-state index in [9.17, 15) is 0 Å². The van der Waals surface area contributed by atoms with E-state index in [4.69, 9.17) is 19.2 Å². The smallest absolute Gasteiger partial charge is 0.894 e. The molecule has 0 atom stereocenters. The van der Waals surface area contributed by atoms with Crippen LogP contribution in [0.15, 0.2) is 0 Å². The third-order valence-corrected chi connectivity index (χ3v) is 0. The van der Waals surface area contributed by atoms with Gasteiger partial charge in [0.1, 0.15) is 0 Å². The van der Waals surface area contributed by atoms with Gasteiger partial charge in [0.2, 0.25) is 0 Å². The minimum Gasteiger partial charge on any atom is -0.894 e. The summed E-state index contributed by atoms with van der Waals surface area (Å²) >= 11 is 0. The normalized spacial score (nSPS) is 7.50. The molecule has 0 aromatic carbocycles. The van der Waals surface area contributed by atoms with Gasteiger partial charge in [-0.2, -0.15) is 0 Å². The van der Waals surface area contributed by atoms with E-state index in [2.05, 4.69) is 0 Å². The van der Waals surface area contributed by atoms with Gasteiger partial charge < -0.3 is 28.2 Å². The predicted molar refractivity (Wildman–Crippen MR) is 11.5 cm³/mol. The molecule has 0 fully saturated rings. The van der Waals surface area contributed by atoms with Crippen LogP contribution >= 0.6 is 0 Å². The van der Waals surface area contributed by atoms with Gasteiger partial charge in [-0.05, 0) is 0 Å². The third-order valence-electron chi connectivity index (χ3n) is 0. The van der Waals surface area contributed by atoms with Crippen LogP contribution in [0, 0.1) is 0 Å². The summed E-state index contributed by atoms with van der Waals surface area (Å²) in [5.74, 6) is 0. The molecular formula is CaFeNaO4Si+. The molecule has 0 radical (unpaired) electrons. The van der Waals surface area contributed by atoms with Crippen molar-refractivity contribution >= 4 is 46.8 Å². The van der Waals surface area contributed by atoms with E-state index in [1.165, 1.54) is 0 Å². The largest absolute Gasteiger partial charge is 2.00 e. The minimum absolute atomic E-state index is 0. The maximum Gasteiger partial charge on any atom is 2.00 e. The maximum atomic E-state index is 8.58. The van der Waals surface area contributed by atoms with Gasteiger partial charge in [-0.25, -0.2) is 0 Å². The average Bonchev–Trinajstić information content (AvgIpc) is 0.722. The fourth-order valence-corrected chi connectivity index (χ4v) is 0. The van der Waals surface area contributed by atoms with E-state index < -0.39 is 9.05 Å². The van der Waals surface area contributed by atoms with Crippen molar-refractivity contribution in [2.45, 2.75) is 0 Å². The molecule has 8 heteroatoms. The molecule has 0 aliphatic carbocycles. The Hall–Kier alpha value is 2.84. The van der Waals surface area contributed by atoms with Gasteiger partial charge in [0.15, 0.2) is 0 Å². The first-order valence-corrected chi connectivity index (χ1v) is 2.45. The molecule has 0 saturated heterocycles. The zero-order chi connectivity index (χ0) is 4.50. The topological polar surface area (TPSA) is 92.2 Å². The van der Waals surface area contributed by atoms with Gasteiger partial charge in [-0.1, -0.05) is 0 Å². The van der Waals surface area contributed by atoms with Crippen LogP contribution in [0.25, 0.3) is 0 Å². The average molecular weight is 211 g/mol. The molecule has 0 unspecified atom stereocenters. The van der Waals surface area contributed by atoms with Crippen LogP contribution in [0.3, 0.4) is 0 Å². The predicted octanol–water partition coefficient (Wildman–Crippen LogP) is -8.52. The second-order valence-corrected chi connectivity index (χ2v) is 1.50. The Labute approximate surface area is 111 Å². The van der Waals surface area contributed by atoms with Crippen LogP contribution in [0.1, 0.15) is 0 Å². The summed E-state index contributed by atoms with van der Waals surface area (Å²) in [6.45, 7) is 0. The molecule has 0 aromatic rings. The zero-order valence-electron chi connectivity index (χ0n) is 4.19. The molecule has 0 aromatic heterocycles. The molecule has 0 heterocycles. The molecule has 0 aliphatic heterocycles. The van der Waals surface area contributed by atoms with Gasteiger partial charge in [0.25, 0.3) is 0 Å². The van der Waals surface area contributed by atoms with Crippen molar-refractivity contribution in [3.05, 3.63) is 0 Å². The van der Waals surface area contributed by atoms with Crippen LogP contribution in [0.4, 0.5) is 0 Å². The van der Waals surface area contributed by atoms with Gasteiger partial charge in [0, 0.05) is 0 Å². The van der Waals surface area contributed by atoms with E-state index in [1.807, 2.05) is 0 Å². The molecule has 0 bridgehead atoms. The Morgan fingerprint density at radius 1 is 0.875 bits per heavy atom. The molecule has 0 N–H and O–H groups in total. The van der Waals surface area contributed by atoms with E-state index in [0.29, 0.717) is 0 Å². The van der Waals surface area contributed by atoms with Gasteiger partial charge in [0.05, 0.1) is 0 Å². The number of hydrogen-bond donors (Lipinski definition) is 0. The van der Waals surface area contributed by atoms with Crippen LogP contribution < -0.4 is 48.7 Å². The Kier molecular flexibility index (Phi) is 27.6. The van der Waals surface area contributed by atoms with Crippen molar-refractivity contribution in [3.8, 4) is 0 Å². The van der Waals surface area contributed by atoms with E-state index in [0.717, 1.165) is 0 Å². The first-order chi connectivity index (χ1) is 2.00. The molecule has 0 rings (SSSR count). The summed E-state index contributed by atoms with van der Waals surface area (Å²) in [5.41, 5.74) is 0. The van der Waals surface area contributed by atoms with Crippen molar-refractivity contribution in [1.82, 2.24) is 0 Å². The standard InChI is InChI=1S/Ca.Fe.Na.O4Si/c;;;1-5(2,3)4/q2*+2;+1;-4. The van der Waals surface area contributed by atoms with Gasteiger partial charge in [-0.3, -0.25) is 0 Å². The molecule has 4 nitrogen and oxygen atoms in total. The molecule has 38 valence electrons. The summed E-state index contributed by atoms with van der Waals surface area (Å²) in [4.78, 5) is 34.3. The quantitative estimate of drug-likeness (QED) is 0.372. The minimum atomic E-state index is -5.61. The summed E-state index contributed by atoms with van der Waals surface area (Å²) < 4.78 is 0. The van der Waals surface area contributed by atoms with E-state index in [1.54, 1.807) is 0 Å². The molecule has 8 heavy (non-hydrogen) atoms. The number of rotatable bonds is 0. The molecule has 0 aliphatic rings. The van der Waals surface area contributed by atoms with Crippen molar-refractivity contribution in [2.75, 3.05) is 0 Å². The monoisotopic (exact) mass is 211 g/mol. The summed E-state index contributed by atoms with van der Waals surface area (Å²) in [6, 6.07) is 0. The van der Waals surface area contributed by atoms with Gasteiger partial charge in [-0.15, -0.1) is 0 Å². The van der Waals surface area contributed by atoms with Crippen molar-refractivity contribution < 1.29 is 65.8 Å². The summed E-state index contributed by atoms with van der Waals surface area (Å²) in [7, 11) is -5.61. The Morgan fingerprint density at radius 2 is 0.875 bits per heavy atom. The second-order valence-electron chi connectivity index (χ2n) is 0.500. The first-order valence-electron chi connectivity index (χ1n) is 0.816. The van der Waals surface area contributed by atoms with Crippen LogP contribution in [-0.2, 0) is 17.1 Å². The van der Waals surface area contributed by atoms with E-state index >= 15 is 0 Å². The Bertz CT molecular complexity index is 31.5. The van der Waals surface area contributed by atoms with Crippen LogP contribution in [-0.4, -0.2) is 46.8 Å². The second kappa shape index (κ2) is 9.84. The number of hydrogen-bond acceptors (Lipinski definition) is 4. The van der Waals surface area contributed by atoms with Gasteiger partial charge >= 0.3 is 84.4 Å². The SMILES string of the molecule is [Ca+2].[Fe+2].[Na+].[O-][Si]([O-])([O-])[O-]. The van der Waals surface area contributed by atoms with Crippen LogP contribution in [0.5, 0.6) is 0 Å². The summed E-state index contributed by atoms with van der Waals surface area (Å²) in [6.07, 6.45) is 0. The Balaban J connectivity index is -0.0000000267. The first kappa shape index (κ1) is 22.4. The van der Waals surface area contributed by atoms with Crippen molar-refractivity contribution in [1.29, 1.82) is 0 Å². The molecular weight excluding hydrogens is 211 g/mol. The third kappa shape index (κ3) is 67.5. The molecule has 0 saturated carbocycles.